The quantitative estimate of drug-likeness (QED) is 0.700. The van der Waals surface area contributed by atoms with Gasteiger partial charge < -0.3 is 10.2 Å². The average molecular weight is 185 g/mol. The third-order valence-electron chi connectivity index (χ3n) is 1.53. The number of hydrogen-bond acceptors (Lipinski definition) is 4. The summed E-state index contributed by atoms with van der Waals surface area (Å²) in [5.74, 6) is 0. The highest BCUT2D eigenvalue weighted by atomic mass is 16.3. The smallest absolute Gasteiger partial charge is 0.111 e. The van der Waals surface area contributed by atoms with Crippen LogP contribution in [0.2, 0.25) is 0 Å². The van der Waals surface area contributed by atoms with Gasteiger partial charge >= 0.3 is 0 Å². The minimum Gasteiger partial charge on any atom is -0.389 e. The standard InChI is InChI=1S/C8H15N3O2/c1-6(12)7-4-11(10-9-7)5-8(2,3)13/h4,6,12-13H,5H2,1-3H3. The highest BCUT2D eigenvalue weighted by Gasteiger charge is 2.15. The fourth-order valence-electron chi connectivity index (χ4n) is 0.979. The monoisotopic (exact) mass is 185 g/mol. The van der Waals surface area contributed by atoms with Crippen LogP contribution in [0.15, 0.2) is 6.20 Å². The second-order valence-corrected chi connectivity index (χ2v) is 3.83. The molecule has 13 heavy (non-hydrogen) atoms. The molecule has 5 heteroatoms. The number of nitrogens with zero attached hydrogens (tertiary/aromatic N) is 3. The van der Waals surface area contributed by atoms with Crippen LogP contribution in [0.25, 0.3) is 0 Å². The summed E-state index contributed by atoms with van der Waals surface area (Å²) in [5.41, 5.74) is -0.298. The van der Waals surface area contributed by atoms with Gasteiger partial charge in [0, 0.05) is 0 Å². The van der Waals surface area contributed by atoms with Crippen molar-refractivity contribution in [3.8, 4) is 0 Å². The first-order chi connectivity index (χ1) is 5.88. The van der Waals surface area contributed by atoms with Gasteiger partial charge in [-0.15, -0.1) is 5.10 Å². The number of rotatable bonds is 3. The first-order valence-corrected chi connectivity index (χ1v) is 4.19. The van der Waals surface area contributed by atoms with E-state index in [1.54, 1.807) is 27.0 Å². The summed E-state index contributed by atoms with van der Waals surface area (Å²) >= 11 is 0. The molecule has 1 unspecified atom stereocenters. The van der Waals surface area contributed by atoms with Crippen LogP contribution in [-0.4, -0.2) is 30.8 Å². The summed E-state index contributed by atoms with van der Waals surface area (Å²) in [7, 11) is 0. The Labute approximate surface area is 77.0 Å². The number of hydrogen-bond donors (Lipinski definition) is 2. The molecule has 1 atom stereocenters. The summed E-state index contributed by atoms with van der Waals surface area (Å²) in [5, 5.41) is 26.1. The zero-order chi connectivity index (χ0) is 10.1. The lowest BCUT2D eigenvalue weighted by Gasteiger charge is -2.15. The van der Waals surface area contributed by atoms with Crippen LogP contribution in [0.3, 0.4) is 0 Å². The Balaban J connectivity index is 2.70. The highest BCUT2D eigenvalue weighted by molar-refractivity contribution is 4.95. The molecule has 0 amide bonds. The Bertz CT molecular complexity index is 275. The van der Waals surface area contributed by atoms with E-state index >= 15 is 0 Å². The Morgan fingerprint density at radius 3 is 2.62 bits per heavy atom. The molecule has 1 aromatic rings. The van der Waals surface area contributed by atoms with E-state index in [2.05, 4.69) is 10.3 Å². The van der Waals surface area contributed by atoms with Gasteiger partial charge in [-0.2, -0.15) is 0 Å². The van der Waals surface area contributed by atoms with Crippen molar-refractivity contribution < 1.29 is 10.2 Å². The van der Waals surface area contributed by atoms with E-state index in [1.165, 1.54) is 4.68 Å². The number of aliphatic hydroxyl groups excluding tert-OH is 1. The molecule has 0 bridgehead atoms. The largest absolute Gasteiger partial charge is 0.389 e. The van der Waals surface area contributed by atoms with E-state index in [1.807, 2.05) is 0 Å². The van der Waals surface area contributed by atoms with E-state index in [-0.39, 0.29) is 0 Å². The fourth-order valence-corrected chi connectivity index (χ4v) is 0.979. The average Bonchev–Trinajstić information content (AvgIpc) is 2.31. The molecule has 74 valence electrons. The Kier molecular flexibility index (Phi) is 2.68. The van der Waals surface area contributed by atoms with Crippen molar-refractivity contribution in [3.63, 3.8) is 0 Å². The molecule has 0 aliphatic carbocycles. The van der Waals surface area contributed by atoms with Gasteiger partial charge in [0.25, 0.3) is 0 Å². The molecule has 0 aliphatic heterocycles. The number of aliphatic hydroxyl groups is 2. The molecule has 0 radical (unpaired) electrons. The number of aromatic nitrogens is 3. The molecule has 0 saturated heterocycles. The lowest BCUT2D eigenvalue weighted by atomic mass is 10.1. The van der Waals surface area contributed by atoms with Gasteiger partial charge in [0.15, 0.2) is 0 Å². The Hall–Kier alpha value is -0.940. The summed E-state index contributed by atoms with van der Waals surface area (Å²) in [6.45, 7) is 5.37. The molecular weight excluding hydrogens is 170 g/mol. The maximum absolute atomic E-state index is 9.47. The SMILES string of the molecule is CC(O)c1cn(CC(C)(C)O)nn1. The van der Waals surface area contributed by atoms with Crippen molar-refractivity contribution in [2.24, 2.45) is 0 Å². The normalized spacial score (nSPS) is 14.5. The Morgan fingerprint density at radius 2 is 2.23 bits per heavy atom. The maximum atomic E-state index is 9.47. The van der Waals surface area contributed by atoms with Crippen LogP contribution >= 0.6 is 0 Å². The zero-order valence-corrected chi connectivity index (χ0v) is 8.10. The molecule has 0 fully saturated rings. The molecule has 2 N–H and O–H groups in total. The predicted octanol–water partition coefficient (Wildman–Crippen LogP) is 0.102. The van der Waals surface area contributed by atoms with Gasteiger partial charge in [0.1, 0.15) is 5.69 Å². The lowest BCUT2D eigenvalue weighted by Crippen LogP contribution is -2.26. The highest BCUT2D eigenvalue weighted by Crippen LogP contribution is 2.09. The molecule has 1 heterocycles. The van der Waals surface area contributed by atoms with Crippen LogP contribution in [0, 0.1) is 0 Å². The Morgan fingerprint density at radius 1 is 1.62 bits per heavy atom. The maximum Gasteiger partial charge on any atom is 0.111 e. The van der Waals surface area contributed by atoms with Crippen molar-refractivity contribution in [2.45, 2.75) is 39.0 Å². The van der Waals surface area contributed by atoms with E-state index in [0.717, 1.165) is 0 Å². The molecule has 1 aromatic heterocycles. The van der Waals surface area contributed by atoms with Crippen LogP contribution < -0.4 is 0 Å². The summed E-state index contributed by atoms with van der Waals surface area (Å²) < 4.78 is 1.52. The minimum atomic E-state index is -0.816. The van der Waals surface area contributed by atoms with Crippen molar-refractivity contribution in [1.82, 2.24) is 15.0 Å². The molecule has 5 nitrogen and oxygen atoms in total. The molecule has 0 aromatic carbocycles. The van der Waals surface area contributed by atoms with E-state index in [9.17, 15) is 5.11 Å². The first kappa shape index (κ1) is 10.1. The second-order valence-electron chi connectivity index (χ2n) is 3.83. The van der Waals surface area contributed by atoms with E-state index in [4.69, 9.17) is 5.11 Å². The fraction of sp³-hybridized carbons (Fsp3) is 0.750. The first-order valence-electron chi connectivity index (χ1n) is 4.19. The van der Waals surface area contributed by atoms with Crippen LogP contribution in [0.4, 0.5) is 0 Å². The molecule has 1 rings (SSSR count). The molecule has 0 saturated carbocycles. The van der Waals surface area contributed by atoms with Crippen LogP contribution in [0.1, 0.15) is 32.6 Å². The lowest BCUT2D eigenvalue weighted by molar-refractivity contribution is 0.0571. The minimum absolute atomic E-state index is 0.368. The molecule has 0 aliphatic rings. The van der Waals surface area contributed by atoms with E-state index < -0.39 is 11.7 Å². The van der Waals surface area contributed by atoms with Gasteiger partial charge in [-0.1, -0.05) is 5.21 Å². The summed E-state index contributed by atoms with van der Waals surface area (Å²) in [6, 6.07) is 0. The molecular formula is C8H15N3O2. The van der Waals surface area contributed by atoms with Crippen LogP contribution in [-0.2, 0) is 6.54 Å². The second kappa shape index (κ2) is 3.43. The third kappa shape index (κ3) is 3.12. The van der Waals surface area contributed by atoms with Crippen molar-refractivity contribution in [1.29, 1.82) is 0 Å². The van der Waals surface area contributed by atoms with Crippen molar-refractivity contribution >= 4 is 0 Å². The zero-order valence-electron chi connectivity index (χ0n) is 8.10. The predicted molar refractivity (Wildman–Crippen MR) is 47.0 cm³/mol. The molecule has 0 spiro atoms. The summed E-state index contributed by atoms with van der Waals surface area (Å²) in [6.07, 6.45) is 1.01. The summed E-state index contributed by atoms with van der Waals surface area (Å²) in [4.78, 5) is 0. The third-order valence-corrected chi connectivity index (χ3v) is 1.53. The van der Waals surface area contributed by atoms with Gasteiger partial charge in [0.05, 0.1) is 24.4 Å². The van der Waals surface area contributed by atoms with E-state index in [0.29, 0.717) is 12.2 Å². The van der Waals surface area contributed by atoms with Crippen molar-refractivity contribution in [3.05, 3.63) is 11.9 Å². The van der Waals surface area contributed by atoms with Gasteiger partial charge in [0.2, 0.25) is 0 Å². The van der Waals surface area contributed by atoms with Gasteiger partial charge in [-0.3, -0.25) is 0 Å². The van der Waals surface area contributed by atoms with Gasteiger partial charge in [-0.25, -0.2) is 4.68 Å². The topological polar surface area (TPSA) is 71.2 Å². The van der Waals surface area contributed by atoms with Crippen LogP contribution in [0.5, 0.6) is 0 Å². The van der Waals surface area contributed by atoms with Crippen molar-refractivity contribution in [2.75, 3.05) is 0 Å². The van der Waals surface area contributed by atoms with Gasteiger partial charge in [-0.05, 0) is 20.8 Å².